The topological polar surface area (TPSA) is 195 Å². The summed E-state index contributed by atoms with van der Waals surface area (Å²) in [5, 5.41) is 11.7. The van der Waals surface area contributed by atoms with Crippen molar-refractivity contribution >= 4 is 40.5 Å². The minimum atomic E-state index is -0.519. The molecule has 7 N–H and O–H groups in total. The number of rotatable bonds is 5. The van der Waals surface area contributed by atoms with Crippen LogP contribution in [0.2, 0.25) is 0 Å². The van der Waals surface area contributed by atoms with Crippen molar-refractivity contribution in [3.05, 3.63) is 60.7 Å². The smallest absolute Gasteiger partial charge is 0.289 e. The first-order valence-electron chi connectivity index (χ1n) is 12.6. The summed E-state index contributed by atoms with van der Waals surface area (Å²) in [6.07, 6.45) is 7.77. The van der Waals surface area contributed by atoms with Gasteiger partial charge >= 0.3 is 0 Å². The first kappa shape index (κ1) is 25.8. The number of hydrogen-bond donors (Lipinski definition) is 4. The third-order valence-corrected chi connectivity index (χ3v) is 7.53. The van der Waals surface area contributed by atoms with E-state index in [1.165, 1.54) is 11.4 Å². The summed E-state index contributed by atoms with van der Waals surface area (Å²) in [6, 6.07) is 3.53. The standard InChI is InChI=1S/C27H30N10O2/c1-4-13(2)20-8-5-15(11-32-20)19-12-33-37-24(29)21(14(3)38)22(34-25(19)37)16-9-17-6-7-18(10-16)36(17)26(39)23(28)35-27(30)31/h4-5,8,11-12,16-18H,1-2,6-7,9-10,29H2,3H3,(H5,28,30,31,35). The molecule has 0 aliphatic carbocycles. The van der Waals surface area contributed by atoms with Crippen LogP contribution < -0.4 is 17.2 Å². The molecule has 3 aromatic rings. The van der Waals surface area contributed by atoms with Crippen LogP contribution >= 0.6 is 0 Å². The van der Waals surface area contributed by atoms with Crippen LogP contribution in [-0.4, -0.2) is 60.1 Å². The Balaban J connectivity index is 1.54. The summed E-state index contributed by atoms with van der Waals surface area (Å²) >= 11 is 0. The Bertz CT molecular complexity index is 1560. The van der Waals surface area contributed by atoms with Crippen molar-refractivity contribution in [1.82, 2.24) is 24.5 Å². The molecule has 0 radical (unpaired) electrons. The van der Waals surface area contributed by atoms with Gasteiger partial charge in [0.1, 0.15) is 5.82 Å². The lowest BCUT2D eigenvalue weighted by Gasteiger charge is -2.39. The van der Waals surface area contributed by atoms with Gasteiger partial charge in [-0.25, -0.2) is 4.98 Å². The van der Waals surface area contributed by atoms with E-state index in [1.54, 1.807) is 23.4 Å². The Hall–Kier alpha value is -4.87. The van der Waals surface area contributed by atoms with Crippen molar-refractivity contribution in [2.24, 2.45) is 16.5 Å². The number of Topliss-reactive ketones (excluding diaryl/α,β-unsaturated/α-hetero) is 1. The highest BCUT2D eigenvalue weighted by Gasteiger charge is 2.45. The molecule has 2 unspecified atom stereocenters. The van der Waals surface area contributed by atoms with Gasteiger partial charge in [0.25, 0.3) is 5.91 Å². The highest BCUT2D eigenvalue weighted by Crippen LogP contribution is 2.44. The monoisotopic (exact) mass is 526 g/mol. The van der Waals surface area contributed by atoms with Crippen molar-refractivity contribution in [2.75, 3.05) is 5.73 Å². The fourth-order valence-corrected chi connectivity index (χ4v) is 5.78. The SMILES string of the molecule is C=CC(=C)c1ccc(-c2cnn3c(N)c(C(C)=O)c(C4CC5CCC(C4)N5C(=O)C(N)=NC(=N)N)nc23)cn1. The number of piperidine rings is 1. The third-order valence-electron chi connectivity index (χ3n) is 7.53. The van der Waals surface area contributed by atoms with E-state index >= 15 is 0 Å². The predicted molar refractivity (Wildman–Crippen MR) is 149 cm³/mol. The number of carbonyl (C=O) groups excluding carboxylic acids is 2. The number of allylic oxidation sites excluding steroid dienone is 2. The lowest BCUT2D eigenvalue weighted by atomic mass is 9.85. The van der Waals surface area contributed by atoms with E-state index in [0.717, 1.165) is 24.0 Å². The van der Waals surface area contributed by atoms with E-state index in [0.29, 0.717) is 41.0 Å². The first-order chi connectivity index (χ1) is 18.6. The number of nitrogen functional groups attached to an aromatic ring is 1. The average molecular weight is 527 g/mol. The van der Waals surface area contributed by atoms with Crippen molar-refractivity contribution in [3.8, 4) is 11.1 Å². The van der Waals surface area contributed by atoms with E-state index in [4.69, 9.17) is 27.6 Å². The first-order valence-corrected chi connectivity index (χ1v) is 12.6. The molecule has 2 bridgehead atoms. The highest BCUT2D eigenvalue weighted by atomic mass is 16.2. The molecule has 0 spiro atoms. The van der Waals surface area contributed by atoms with Gasteiger partial charge in [-0.3, -0.25) is 20.0 Å². The summed E-state index contributed by atoms with van der Waals surface area (Å²) in [7, 11) is 0. The average Bonchev–Trinajstić information content (AvgIpc) is 3.45. The molecule has 3 aromatic heterocycles. The molecule has 2 saturated heterocycles. The highest BCUT2D eigenvalue weighted by molar-refractivity contribution is 6.38. The van der Waals surface area contributed by atoms with Gasteiger partial charge in [0, 0.05) is 35.3 Å². The molecule has 0 saturated carbocycles. The number of aromatic nitrogens is 4. The summed E-state index contributed by atoms with van der Waals surface area (Å²) in [5.74, 6) is -1.34. The zero-order chi connectivity index (χ0) is 28.0. The number of aliphatic imine (C=N–C) groups is 1. The fourth-order valence-electron chi connectivity index (χ4n) is 5.78. The molecule has 5 rings (SSSR count). The Kier molecular flexibility index (Phi) is 6.46. The van der Waals surface area contributed by atoms with Crippen LogP contribution in [-0.2, 0) is 4.79 Å². The molecule has 39 heavy (non-hydrogen) atoms. The summed E-state index contributed by atoms with van der Waals surface area (Å²) in [4.78, 5) is 40.6. The maximum Gasteiger partial charge on any atom is 0.289 e. The summed E-state index contributed by atoms with van der Waals surface area (Å²) < 4.78 is 1.48. The second kappa shape index (κ2) is 9.78. The summed E-state index contributed by atoms with van der Waals surface area (Å²) in [5.41, 5.74) is 22.1. The van der Waals surface area contributed by atoms with E-state index in [9.17, 15) is 9.59 Å². The molecule has 12 nitrogen and oxygen atoms in total. The molecule has 2 aliphatic heterocycles. The van der Waals surface area contributed by atoms with Crippen LogP contribution in [0.1, 0.15) is 60.3 Å². The van der Waals surface area contributed by atoms with Gasteiger partial charge in [0.2, 0.25) is 5.96 Å². The van der Waals surface area contributed by atoms with Crippen LogP contribution in [0.5, 0.6) is 0 Å². The zero-order valence-electron chi connectivity index (χ0n) is 21.6. The maximum absolute atomic E-state index is 13.0. The Morgan fingerprint density at radius 3 is 2.44 bits per heavy atom. The molecule has 5 heterocycles. The fraction of sp³-hybridized carbons (Fsp3) is 0.296. The number of ketones is 1. The number of fused-ring (bicyclic) bond motifs is 3. The van der Waals surface area contributed by atoms with E-state index in [-0.39, 0.29) is 35.4 Å². The molecule has 200 valence electrons. The number of pyridine rings is 1. The Morgan fingerprint density at radius 2 is 1.87 bits per heavy atom. The molecule has 1 amide bonds. The number of nitrogens with two attached hydrogens (primary N) is 3. The molecular weight excluding hydrogens is 496 g/mol. The quantitative estimate of drug-likeness (QED) is 0.168. The maximum atomic E-state index is 13.0. The van der Waals surface area contributed by atoms with Crippen molar-refractivity contribution in [3.63, 3.8) is 0 Å². The molecule has 2 fully saturated rings. The normalized spacial score (nSPS) is 20.7. The van der Waals surface area contributed by atoms with Gasteiger partial charge in [0.05, 0.1) is 23.1 Å². The molecule has 2 atom stereocenters. The van der Waals surface area contributed by atoms with Crippen LogP contribution in [0.3, 0.4) is 0 Å². The molecular formula is C27H30N10O2. The van der Waals surface area contributed by atoms with Crippen LogP contribution in [0.4, 0.5) is 5.82 Å². The zero-order valence-corrected chi connectivity index (χ0v) is 21.6. The van der Waals surface area contributed by atoms with Crippen LogP contribution in [0, 0.1) is 5.41 Å². The van der Waals surface area contributed by atoms with E-state index in [2.05, 4.69) is 28.2 Å². The minimum Gasteiger partial charge on any atom is -0.383 e. The van der Waals surface area contributed by atoms with Crippen LogP contribution in [0.15, 0.2) is 48.8 Å². The van der Waals surface area contributed by atoms with Crippen molar-refractivity contribution < 1.29 is 9.59 Å². The third kappa shape index (κ3) is 4.43. The van der Waals surface area contributed by atoms with Gasteiger partial charge < -0.3 is 22.1 Å². The van der Waals surface area contributed by atoms with Crippen molar-refractivity contribution in [2.45, 2.75) is 50.6 Å². The van der Waals surface area contributed by atoms with Crippen molar-refractivity contribution in [1.29, 1.82) is 5.41 Å². The van der Waals surface area contributed by atoms with Gasteiger partial charge in [0.15, 0.2) is 17.3 Å². The van der Waals surface area contributed by atoms with Gasteiger partial charge in [-0.2, -0.15) is 14.6 Å². The van der Waals surface area contributed by atoms with E-state index in [1.807, 2.05) is 12.1 Å². The molecule has 12 heteroatoms. The lowest BCUT2D eigenvalue weighted by Crippen LogP contribution is -2.51. The number of nitrogens with one attached hydrogen (secondary N) is 1. The molecule has 2 aliphatic rings. The largest absolute Gasteiger partial charge is 0.383 e. The Morgan fingerprint density at radius 1 is 1.18 bits per heavy atom. The second-order valence-corrected chi connectivity index (χ2v) is 9.92. The lowest BCUT2D eigenvalue weighted by molar-refractivity contribution is -0.128. The second-order valence-electron chi connectivity index (χ2n) is 9.92. The van der Waals surface area contributed by atoms with E-state index < -0.39 is 11.9 Å². The van der Waals surface area contributed by atoms with Gasteiger partial charge in [-0.15, -0.1) is 0 Å². The number of guanidine groups is 1. The number of amides is 1. The number of anilines is 1. The minimum absolute atomic E-state index is 0.108. The van der Waals surface area contributed by atoms with Gasteiger partial charge in [-0.1, -0.05) is 25.3 Å². The van der Waals surface area contributed by atoms with Crippen LogP contribution in [0.25, 0.3) is 22.3 Å². The van der Waals surface area contributed by atoms with Gasteiger partial charge in [-0.05, 0) is 44.2 Å². The number of hydrogen-bond acceptors (Lipinski definition) is 7. The summed E-state index contributed by atoms with van der Waals surface area (Å²) in [6.45, 7) is 9.13. The molecule has 0 aromatic carbocycles. The Labute approximate surface area is 224 Å². The predicted octanol–water partition coefficient (Wildman–Crippen LogP) is 2.26. The number of carbonyl (C=O) groups is 2. The number of amidine groups is 1. The number of nitrogens with zero attached hydrogens (tertiary/aromatic N) is 6.